The van der Waals surface area contributed by atoms with Crippen molar-refractivity contribution in [1.82, 2.24) is 25.2 Å². The molecule has 2 bridgehead atoms. The molecule has 2 aromatic rings. The van der Waals surface area contributed by atoms with E-state index in [4.69, 9.17) is 14.5 Å². The van der Waals surface area contributed by atoms with Crippen LogP contribution in [-0.4, -0.2) is 88.8 Å². The van der Waals surface area contributed by atoms with Crippen molar-refractivity contribution in [1.29, 1.82) is 0 Å². The number of ether oxygens (including phenoxy) is 2. The minimum atomic E-state index is -3.90. The Bertz CT molecular complexity index is 2050. The maximum atomic E-state index is 14.8. The molecule has 4 amide bonds. The molecule has 3 heterocycles. The van der Waals surface area contributed by atoms with Gasteiger partial charge in [0, 0.05) is 29.4 Å². The number of amides is 4. The van der Waals surface area contributed by atoms with Crippen molar-refractivity contribution in [3.05, 3.63) is 48.6 Å². The molecule has 5 fully saturated rings. The molecule has 4 aliphatic carbocycles. The number of nitrogens with zero attached hydrogens (tertiary/aromatic N) is 2. The lowest BCUT2D eigenvalue weighted by molar-refractivity contribution is -0.142. The second-order valence-electron chi connectivity index (χ2n) is 16.6. The fraction of sp³-hybridized carbons (Fsp3) is 0.585. The number of allylic oxidation sites excluding steroid dienone is 1. The Kier molecular flexibility index (Phi) is 10.5. The van der Waals surface area contributed by atoms with Crippen LogP contribution in [0.15, 0.2) is 43.0 Å². The molecule has 300 valence electrons. The number of carbonyl (C=O) groups excluding carboxylic acids is 4. The van der Waals surface area contributed by atoms with Crippen LogP contribution in [0.25, 0.3) is 17.0 Å². The molecule has 1 aromatic heterocycles. The van der Waals surface area contributed by atoms with E-state index in [0.717, 1.165) is 69.6 Å². The van der Waals surface area contributed by atoms with Crippen molar-refractivity contribution in [3.8, 4) is 11.6 Å². The summed E-state index contributed by atoms with van der Waals surface area (Å²) in [5.41, 5.74) is -0.340. The Morgan fingerprint density at radius 2 is 1.77 bits per heavy atom. The molecule has 7 atom stereocenters. The topological polar surface area (TPSA) is 193 Å². The molecular formula is C41H51N5O9S. The highest BCUT2D eigenvalue weighted by Gasteiger charge is 2.62. The SMILES string of the molecule is C=C[C@@H]1C[C@]1(NC(=O)[C@@H]1C[C@@H]2CN1C(=O)[C@H](C1CCCC1)NC(=O)O[C@H]1CCC[C@@H]1CCC/C=C/c1cc3ccc(O)cc3nc1O2)C(=O)NS(=O)(=O)C1CC1. The van der Waals surface area contributed by atoms with Crippen LogP contribution in [0.4, 0.5) is 4.79 Å². The highest BCUT2D eigenvalue weighted by molar-refractivity contribution is 7.91. The summed E-state index contributed by atoms with van der Waals surface area (Å²) in [4.78, 5) is 62.7. The summed E-state index contributed by atoms with van der Waals surface area (Å²) in [5, 5.41) is 16.2. The molecule has 56 heavy (non-hydrogen) atoms. The number of nitrogens with one attached hydrogen (secondary N) is 3. The number of phenols is 1. The van der Waals surface area contributed by atoms with Gasteiger partial charge >= 0.3 is 6.09 Å². The van der Waals surface area contributed by atoms with Crippen LogP contribution in [0.3, 0.4) is 0 Å². The summed E-state index contributed by atoms with van der Waals surface area (Å²) in [5.74, 6) is -2.08. The summed E-state index contributed by atoms with van der Waals surface area (Å²) >= 11 is 0. The second-order valence-corrected chi connectivity index (χ2v) is 18.5. The van der Waals surface area contributed by atoms with E-state index in [0.29, 0.717) is 23.9 Å². The first kappa shape index (κ1) is 38.2. The molecule has 14 nitrogen and oxygen atoms in total. The van der Waals surface area contributed by atoms with Gasteiger partial charge in [-0.3, -0.25) is 19.1 Å². The first-order valence-electron chi connectivity index (χ1n) is 20.2. The van der Waals surface area contributed by atoms with Gasteiger partial charge < -0.3 is 30.1 Å². The zero-order valence-electron chi connectivity index (χ0n) is 31.5. The molecule has 1 saturated heterocycles. The normalized spacial score (nSPS) is 31.8. The van der Waals surface area contributed by atoms with Crippen molar-refractivity contribution in [2.45, 2.75) is 125 Å². The number of rotatable bonds is 7. The van der Waals surface area contributed by atoms with E-state index in [1.54, 1.807) is 18.2 Å². The fourth-order valence-corrected chi connectivity index (χ4v) is 10.6. The number of fused-ring (bicyclic) bond motifs is 5. The Hall–Kier alpha value is -4.66. The largest absolute Gasteiger partial charge is 0.508 e. The maximum Gasteiger partial charge on any atom is 0.408 e. The Morgan fingerprint density at radius 1 is 1.00 bits per heavy atom. The number of hydrogen-bond donors (Lipinski definition) is 4. The average molecular weight is 790 g/mol. The van der Waals surface area contributed by atoms with Gasteiger partial charge in [-0.05, 0) is 101 Å². The van der Waals surface area contributed by atoms with Crippen LogP contribution in [0.2, 0.25) is 0 Å². The summed E-state index contributed by atoms with van der Waals surface area (Å²) < 4.78 is 40.3. The Morgan fingerprint density at radius 3 is 2.52 bits per heavy atom. The lowest BCUT2D eigenvalue weighted by Gasteiger charge is -2.32. The zero-order valence-corrected chi connectivity index (χ0v) is 32.3. The third kappa shape index (κ3) is 7.83. The first-order valence-corrected chi connectivity index (χ1v) is 21.7. The van der Waals surface area contributed by atoms with Crippen LogP contribution in [-0.2, 0) is 29.1 Å². The number of carbonyl (C=O) groups is 4. The van der Waals surface area contributed by atoms with E-state index in [2.05, 4.69) is 28.0 Å². The molecule has 2 aliphatic heterocycles. The van der Waals surface area contributed by atoms with Gasteiger partial charge in [-0.15, -0.1) is 6.58 Å². The molecule has 6 aliphatic rings. The van der Waals surface area contributed by atoms with Crippen molar-refractivity contribution >= 4 is 50.8 Å². The molecule has 0 unspecified atom stereocenters. The van der Waals surface area contributed by atoms with Crippen LogP contribution < -0.4 is 20.1 Å². The van der Waals surface area contributed by atoms with Gasteiger partial charge in [0.15, 0.2) is 0 Å². The molecule has 8 rings (SSSR count). The van der Waals surface area contributed by atoms with Gasteiger partial charge in [-0.1, -0.05) is 31.1 Å². The summed E-state index contributed by atoms with van der Waals surface area (Å²) in [7, 11) is -3.90. The van der Waals surface area contributed by atoms with Gasteiger partial charge in [0.1, 0.15) is 35.6 Å². The predicted molar refractivity (Wildman–Crippen MR) is 207 cm³/mol. The third-order valence-electron chi connectivity index (χ3n) is 12.7. The smallest absolute Gasteiger partial charge is 0.408 e. The number of benzene rings is 1. The number of aromatic hydroxyl groups is 1. The molecule has 4 N–H and O–H groups in total. The van der Waals surface area contributed by atoms with Crippen molar-refractivity contribution < 1.29 is 42.2 Å². The van der Waals surface area contributed by atoms with Gasteiger partial charge in [0.05, 0.1) is 17.3 Å². The fourth-order valence-electron chi connectivity index (χ4n) is 9.27. The van der Waals surface area contributed by atoms with E-state index in [-0.39, 0.29) is 49.0 Å². The highest BCUT2D eigenvalue weighted by atomic mass is 32.2. The monoisotopic (exact) mass is 789 g/mol. The summed E-state index contributed by atoms with van der Waals surface area (Å²) in [6.07, 6.45) is 13.5. The van der Waals surface area contributed by atoms with E-state index in [1.165, 1.54) is 11.0 Å². The van der Waals surface area contributed by atoms with Crippen molar-refractivity contribution in [3.63, 3.8) is 0 Å². The molecule has 0 spiro atoms. The molecule has 1 aromatic carbocycles. The average Bonchev–Trinajstić information content (AvgIpc) is 3.96. The zero-order chi connectivity index (χ0) is 39.2. The highest BCUT2D eigenvalue weighted by Crippen LogP contribution is 2.46. The number of phenolic OH excluding ortho intramolecular Hbond substituents is 1. The molecule has 4 saturated carbocycles. The molecule has 15 heteroatoms. The van der Waals surface area contributed by atoms with Crippen LogP contribution in [0, 0.1) is 17.8 Å². The standard InChI is InChI=1S/C41H51N5O9S/c1-2-28-22-41(28,39(50)45-56(52,53)31-17-18-31)44-36(48)33-21-30-23-46(33)38(49)35(25-10-6-7-11-25)43-40(51)55-34-14-8-13-24(34)9-4-3-5-12-27-19-26-15-16-29(47)20-32(26)42-37(27)54-30/h2,5,12,15-16,19-20,24-25,28,30-31,33-35,47H,1,3-4,6-11,13-14,17-18,21-23H2,(H,43,51)(H,44,48)(H,45,50)/b12-5+/t24-,28+,30+,33-,34-,35-,41+/m0/s1. The number of hydrogen-bond acceptors (Lipinski definition) is 10. The quantitative estimate of drug-likeness (QED) is 0.288. The summed E-state index contributed by atoms with van der Waals surface area (Å²) in [6, 6.07) is 4.76. The number of aromatic nitrogens is 1. The number of sulfonamides is 1. The Balaban J connectivity index is 1.13. The summed E-state index contributed by atoms with van der Waals surface area (Å²) in [6.45, 7) is 3.78. The van der Waals surface area contributed by atoms with Crippen molar-refractivity contribution in [2.75, 3.05) is 6.54 Å². The van der Waals surface area contributed by atoms with E-state index in [9.17, 15) is 32.7 Å². The number of alkyl carbamates (subject to hydrolysis) is 1. The van der Waals surface area contributed by atoms with Gasteiger partial charge in [-0.25, -0.2) is 18.2 Å². The second kappa shape index (κ2) is 15.4. The minimum absolute atomic E-state index is 0.0232. The molecule has 0 radical (unpaired) electrons. The van der Waals surface area contributed by atoms with E-state index in [1.807, 2.05) is 12.1 Å². The van der Waals surface area contributed by atoms with E-state index >= 15 is 0 Å². The maximum absolute atomic E-state index is 14.8. The first-order chi connectivity index (χ1) is 26.9. The van der Waals surface area contributed by atoms with E-state index < -0.39 is 68.7 Å². The lowest BCUT2D eigenvalue weighted by Crippen LogP contribution is -2.59. The van der Waals surface area contributed by atoms with Gasteiger partial charge in [0.25, 0.3) is 5.91 Å². The van der Waals surface area contributed by atoms with Crippen molar-refractivity contribution in [2.24, 2.45) is 17.8 Å². The minimum Gasteiger partial charge on any atom is -0.508 e. The van der Waals surface area contributed by atoms with Crippen LogP contribution in [0.5, 0.6) is 11.6 Å². The van der Waals surface area contributed by atoms with Gasteiger partial charge in [0.2, 0.25) is 27.7 Å². The van der Waals surface area contributed by atoms with Gasteiger partial charge in [-0.2, -0.15) is 0 Å². The lowest BCUT2D eigenvalue weighted by atomic mass is 9.96. The van der Waals surface area contributed by atoms with Crippen LogP contribution >= 0.6 is 0 Å². The predicted octanol–water partition coefficient (Wildman–Crippen LogP) is 4.61. The number of pyridine rings is 1. The molecular weight excluding hydrogens is 739 g/mol. The third-order valence-corrected chi connectivity index (χ3v) is 14.5. The van der Waals surface area contributed by atoms with Crippen LogP contribution in [0.1, 0.15) is 95.5 Å². The Labute approximate surface area is 326 Å².